The van der Waals surface area contributed by atoms with Crippen LogP contribution in [0.15, 0.2) is 24.3 Å². The van der Waals surface area contributed by atoms with Crippen molar-refractivity contribution in [3.63, 3.8) is 0 Å². The Kier molecular flexibility index (Phi) is 3.87. The molecule has 1 amide bonds. The van der Waals surface area contributed by atoms with E-state index in [-0.39, 0.29) is 11.7 Å². The van der Waals surface area contributed by atoms with E-state index in [4.69, 9.17) is 0 Å². The number of phenols is 1. The number of aromatic hydroxyl groups is 1. The lowest BCUT2D eigenvalue weighted by Crippen LogP contribution is -2.35. The van der Waals surface area contributed by atoms with Crippen molar-refractivity contribution < 1.29 is 9.90 Å². The second kappa shape index (κ2) is 5.40. The molecule has 4 nitrogen and oxygen atoms in total. The minimum Gasteiger partial charge on any atom is -0.508 e. The van der Waals surface area contributed by atoms with Gasteiger partial charge in [0.05, 0.1) is 0 Å². The minimum atomic E-state index is 0.128. The molecule has 0 spiro atoms. The van der Waals surface area contributed by atoms with Crippen molar-refractivity contribution in [1.82, 2.24) is 4.90 Å². The maximum absolute atomic E-state index is 12.1. The second-order valence-electron chi connectivity index (χ2n) is 4.94. The SMILES string of the molecule is CC(C)N1CCC(=O)N(c2cccc(O)c2)CC1. The van der Waals surface area contributed by atoms with Gasteiger partial charge in [-0.1, -0.05) is 6.07 Å². The van der Waals surface area contributed by atoms with Gasteiger partial charge in [0.1, 0.15) is 5.75 Å². The summed E-state index contributed by atoms with van der Waals surface area (Å²) in [5, 5.41) is 9.49. The van der Waals surface area contributed by atoms with Crippen molar-refractivity contribution in [2.45, 2.75) is 26.3 Å². The number of anilines is 1. The summed E-state index contributed by atoms with van der Waals surface area (Å²) >= 11 is 0. The van der Waals surface area contributed by atoms with Gasteiger partial charge >= 0.3 is 0 Å². The number of amides is 1. The van der Waals surface area contributed by atoms with Gasteiger partial charge in [0.2, 0.25) is 5.91 Å². The molecule has 0 aliphatic carbocycles. The number of rotatable bonds is 2. The zero-order valence-electron chi connectivity index (χ0n) is 11.0. The van der Waals surface area contributed by atoms with Gasteiger partial charge in [0.25, 0.3) is 0 Å². The van der Waals surface area contributed by atoms with Crippen molar-refractivity contribution in [3.05, 3.63) is 24.3 Å². The summed E-state index contributed by atoms with van der Waals surface area (Å²) < 4.78 is 0. The molecule has 1 fully saturated rings. The van der Waals surface area contributed by atoms with Gasteiger partial charge in [-0.25, -0.2) is 0 Å². The third-order valence-corrected chi connectivity index (χ3v) is 3.40. The van der Waals surface area contributed by atoms with E-state index < -0.39 is 0 Å². The number of phenolic OH excluding ortho intramolecular Hbond substituents is 1. The third-order valence-electron chi connectivity index (χ3n) is 3.40. The number of benzene rings is 1. The summed E-state index contributed by atoms with van der Waals surface area (Å²) in [7, 11) is 0. The molecule has 1 aliphatic rings. The highest BCUT2D eigenvalue weighted by atomic mass is 16.3. The average molecular weight is 248 g/mol. The van der Waals surface area contributed by atoms with Crippen molar-refractivity contribution in [3.8, 4) is 5.75 Å². The first-order chi connectivity index (χ1) is 8.58. The van der Waals surface area contributed by atoms with Gasteiger partial charge in [-0.2, -0.15) is 0 Å². The molecule has 4 heteroatoms. The third kappa shape index (κ3) is 2.82. The van der Waals surface area contributed by atoms with Gasteiger partial charge in [-0.05, 0) is 26.0 Å². The molecule has 0 radical (unpaired) electrons. The molecule has 0 bridgehead atoms. The van der Waals surface area contributed by atoms with Gasteiger partial charge in [-0.15, -0.1) is 0 Å². The molecule has 0 unspecified atom stereocenters. The topological polar surface area (TPSA) is 43.8 Å². The number of carbonyl (C=O) groups is 1. The molecular formula is C14H20N2O2. The fraction of sp³-hybridized carbons (Fsp3) is 0.500. The van der Waals surface area contributed by atoms with E-state index >= 15 is 0 Å². The van der Waals surface area contributed by atoms with Crippen LogP contribution in [0.4, 0.5) is 5.69 Å². The Labute approximate surface area is 108 Å². The van der Waals surface area contributed by atoms with E-state index in [1.807, 2.05) is 6.07 Å². The smallest absolute Gasteiger partial charge is 0.228 e. The molecule has 98 valence electrons. The lowest BCUT2D eigenvalue weighted by molar-refractivity contribution is -0.118. The Morgan fingerprint density at radius 2 is 2.00 bits per heavy atom. The summed E-state index contributed by atoms with van der Waals surface area (Å²) in [6, 6.07) is 7.35. The van der Waals surface area contributed by atoms with E-state index in [1.165, 1.54) is 0 Å². The summed E-state index contributed by atoms with van der Waals surface area (Å²) in [4.78, 5) is 16.2. The predicted molar refractivity (Wildman–Crippen MR) is 71.8 cm³/mol. The molecular weight excluding hydrogens is 228 g/mol. The largest absolute Gasteiger partial charge is 0.508 e. The minimum absolute atomic E-state index is 0.128. The van der Waals surface area contributed by atoms with Crippen LogP contribution in [0.5, 0.6) is 5.75 Å². The monoisotopic (exact) mass is 248 g/mol. The highest BCUT2D eigenvalue weighted by molar-refractivity contribution is 5.93. The number of nitrogens with zero attached hydrogens (tertiary/aromatic N) is 2. The Bertz CT molecular complexity index is 432. The van der Waals surface area contributed by atoms with Crippen LogP contribution in [0.2, 0.25) is 0 Å². The molecule has 0 aromatic heterocycles. The van der Waals surface area contributed by atoms with Gasteiger partial charge in [-0.3, -0.25) is 9.69 Å². The van der Waals surface area contributed by atoms with Crippen LogP contribution in [-0.2, 0) is 4.79 Å². The highest BCUT2D eigenvalue weighted by Crippen LogP contribution is 2.22. The average Bonchev–Trinajstić information content (AvgIpc) is 2.51. The second-order valence-corrected chi connectivity index (χ2v) is 4.94. The highest BCUT2D eigenvalue weighted by Gasteiger charge is 2.23. The number of hydrogen-bond acceptors (Lipinski definition) is 3. The summed E-state index contributed by atoms with van der Waals surface area (Å²) in [5.41, 5.74) is 0.783. The van der Waals surface area contributed by atoms with Crippen LogP contribution >= 0.6 is 0 Å². The summed E-state index contributed by atoms with van der Waals surface area (Å²) in [6.07, 6.45) is 0.536. The maximum atomic E-state index is 12.1. The van der Waals surface area contributed by atoms with E-state index in [0.29, 0.717) is 19.0 Å². The standard InChI is InChI=1S/C14H20N2O2/c1-11(2)15-7-6-14(18)16(9-8-15)12-4-3-5-13(17)10-12/h3-5,10-11,17H,6-9H2,1-2H3. The summed E-state index contributed by atoms with van der Waals surface area (Å²) in [5.74, 6) is 0.328. The summed E-state index contributed by atoms with van der Waals surface area (Å²) in [6.45, 7) is 6.66. The first kappa shape index (κ1) is 12.9. The lowest BCUT2D eigenvalue weighted by atomic mass is 10.2. The number of carbonyl (C=O) groups excluding carboxylic acids is 1. The van der Waals surface area contributed by atoms with Gasteiger partial charge < -0.3 is 10.0 Å². The van der Waals surface area contributed by atoms with Crippen LogP contribution in [0.3, 0.4) is 0 Å². The molecule has 1 aromatic rings. The quantitative estimate of drug-likeness (QED) is 0.868. The first-order valence-electron chi connectivity index (χ1n) is 6.41. The molecule has 2 rings (SSSR count). The molecule has 1 heterocycles. The maximum Gasteiger partial charge on any atom is 0.228 e. The predicted octanol–water partition coefficient (Wildman–Crippen LogP) is 1.84. The van der Waals surface area contributed by atoms with Crippen LogP contribution in [-0.4, -0.2) is 41.6 Å². The molecule has 0 atom stereocenters. The Morgan fingerprint density at radius 1 is 1.22 bits per heavy atom. The zero-order chi connectivity index (χ0) is 13.1. The fourth-order valence-corrected chi connectivity index (χ4v) is 2.29. The van der Waals surface area contributed by atoms with E-state index in [9.17, 15) is 9.90 Å². The molecule has 1 saturated heterocycles. The Hall–Kier alpha value is -1.55. The normalized spacial score (nSPS) is 18.2. The van der Waals surface area contributed by atoms with Crippen LogP contribution in [0, 0.1) is 0 Å². The first-order valence-corrected chi connectivity index (χ1v) is 6.41. The lowest BCUT2D eigenvalue weighted by Gasteiger charge is -2.24. The van der Waals surface area contributed by atoms with Crippen LogP contribution in [0.25, 0.3) is 0 Å². The van der Waals surface area contributed by atoms with Crippen LogP contribution in [0.1, 0.15) is 20.3 Å². The van der Waals surface area contributed by atoms with Crippen molar-refractivity contribution in [1.29, 1.82) is 0 Å². The van der Waals surface area contributed by atoms with Gasteiger partial charge in [0, 0.05) is 43.9 Å². The molecule has 0 saturated carbocycles. The fourth-order valence-electron chi connectivity index (χ4n) is 2.29. The zero-order valence-corrected chi connectivity index (χ0v) is 11.0. The van der Waals surface area contributed by atoms with Gasteiger partial charge in [0.15, 0.2) is 0 Å². The van der Waals surface area contributed by atoms with Crippen molar-refractivity contribution >= 4 is 11.6 Å². The van der Waals surface area contributed by atoms with E-state index in [2.05, 4.69) is 18.7 Å². The van der Waals surface area contributed by atoms with Crippen molar-refractivity contribution in [2.24, 2.45) is 0 Å². The molecule has 18 heavy (non-hydrogen) atoms. The Balaban J connectivity index is 2.16. The number of hydrogen-bond donors (Lipinski definition) is 1. The van der Waals surface area contributed by atoms with Crippen molar-refractivity contribution in [2.75, 3.05) is 24.5 Å². The molecule has 1 N–H and O–H groups in total. The van der Waals surface area contributed by atoms with E-state index in [0.717, 1.165) is 18.8 Å². The molecule has 1 aliphatic heterocycles. The van der Waals surface area contributed by atoms with E-state index in [1.54, 1.807) is 23.1 Å². The van der Waals surface area contributed by atoms with Crippen LogP contribution < -0.4 is 4.90 Å². The Morgan fingerprint density at radius 3 is 2.67 bits per heavy atom. The molecule has 1 aromatic carbocycles.